The molecule has 2 N–H and O–H groups in total. The zero-order valence-electron chi connectivity index (χ0n) is 24.4. The highest BCUT2D eigenvalue weighted by atomic mass is 32.2. The first-order valence-electron chi connectivity index (χ1n) is 14.7. The van der Waals surface area contributed by atoms with Crippen LogP contribution in [0.15, 0.2) is 59.5 Å². The van der Waals surface area contributed by atoms with Gasteiger partial charge in [0.15, 0.2) is 0 Å². The number of ether oxygens (including phenoxy) is 4. The minimum atomic E-state index is -3.94. The number of benzene rings is 2. The molecule has 2 heterocycles. The molecule has 0 radical (unpaired) electrons. The van der Waals surface area contributed by atoms with Gasteiger partial charge in [-0.2, -0.15) is 4.31 Å². The summed E-state index contributed by atoms with van der Waals surface area (Å²) in [5, 5.41) is 14.4. The van der Waals surface area contributed by atoms with E-state index in [2.05, 4.69) is 5.32 Å². The van der Waals surface area contributed by atoms with Crippen LogP contribution in [-0.2, 0) is 30.7 Å². The highest BCUT2D eigenvalue weighted by Gasteiger charge is 2.55. The van der Waals surface area contributed by atoms with Gasteiger partial charge in [-0.3, -0.25) is 0 Å². The lowest BCUT2D eigenvalue weighted by Crippen LogP contribution is -2.52. The third kappa shape index (κ3) is 6.92. The van der Waals surface area contributed by atoms with Crippen molar-refractivity contribution in [1.82, 2.24) is 9.62 Å². The summed E-state index contributed by atoms with van der Waals surface area (Å²) >= 11 is 0. The average Bonchev–Trinajstić information content (AvgIpc) is 3.66. The quantitative estimate of drug-likeness (QED) is 0.380. The number of alkyl carbamates (subject to hydrolysis) is 1. The Bertz CT molecular complexity index is 1290. The summed E-state index contributed by atoms with van der Waals surface area (Å²) in [6.07, 6.45) is -0.0365. The van der Waals surface area contributed by atoms with Gasteiger partial charge in [0.1, 0.15) is 11.9 Å². The first-order chi connectivity index (χ1) is 20.2. The average molecular weight is 603 g/mol. The number of fused-ring (bicyclic) bond motifs is 3. The zero-order chi connectivity index (χ0) is 29.9. The van der Waals surface area contributed by atoms with E-state index < -0.39 is 34.4 Å². The van der Waals surface area contributed by atoms with E-state index in [9.17, 15) is 18.3 Å². The maximum Gasteiger partial charge on any atom is 0.407 e. The number of aliphatic hydroxyl groups is 1. The maximum absolute atomic E-state index is 13.7. The minimum absolute atomic E-state index is 0.000776. The SMILES string of the molecule is COc1ccc(S(=O)(=O)N(CC(C)C)C[C@@H](O)[C@H](Cc2ccccc2)NC(=O)O[C@H]2CO[C@H]3C[C@@H]4OCC[C@@H]4[C@H]32)cc1. The summed E-state index contributed by atoms with van der Waals surface area (Å²) in [5.74, 6) is 0.953. The molecule has 5 rings (SSSR count). The van der Waals surface area contributed by atoms with Crippen molar-refractivity contribution in [1.29, 1.82) is 0 Å². The van der Waals surface area contributed by atoms with Crippen molar-refractivity contribution in [3.8, 4) is 5.75 Å². The van der Waals surface area contributed by atoms with E-state index in [1.54, 1.807) is 12.1 Å². The molecule has 2 aliphatic heterocycles. The zero-order valence-corrected chi connectivity index (χ0v) is 25.2. The van der Waals surface area contributed by atoms with Crippen molar-refractivity contribution in [2.45, 2.75) is 68.5 Å². The fourth-order valence-corrected chi connectivity index (χ4v) is 8.15. The number of nitrogens with zero attached hydrogens (tertiary/aromatic N) is 1. The van der Waals surface area contributed by atoms with Crippen LogP contribution in [0.5, 0.6) is 5.75 Å². The number of methoxy groups -OCH3 is 1. The van der Waals surface area contributed by atoms with Crippen molar-refractivity contribution in [3.63, 3.8) is 0 Å². The number of nitrogens with one attached hydrogen (secondary N) is 1. The molecule has 0 unspecified atom stereocenters. The number of amides is 1. The highest BCUT2D eigenvalue weighted by Crippen LogP contribution is 2.47. The smallest absolute Gasteiger partial charge is 0.407 e. The molecule has 7 atom stereocenters. The second-order valence-corrected chi connectivity index (χ2v) is 13.8. The van der Waals surface area contributed by atoms with Gasteiger partial charge in [-0.15, -0.1) is 0 Å². The lowest BCUT2D eigenvalue weighted by Gasteiger charge is -2.31. The lowest BCUT2D eigenvalue weighted by atomic mass is 9.89. The Morgan fingerprint density at radius 2 is 1.81 bits per heavy atom. The summed E-state index contributed by atoms with van der Waals surface area (Å²) in [6.45, 7) is 4.87. The molecule has 2 aromatic carbocycles. The van der Waals surface area contributed by atoms with Crippen LogP contribution in [0.25, 0.3) is 0 Å². The first-order valence-corrected chi connectivity index (χ1v) is 16.2. The van der Waals surface area contributed by atoms with E-state index in [0.717, 1.165) is 25.0 Å². The molecule has 1 saturated carbocycles. The number of sulfonamides is 1. The molecule has 3 fully saturated rings. The fourth-order valence-electron chi connectivity index (χ4n) is 6.53. The molecule has 3 aliphatic rings. The summed E-state index contributed by atoms with van der Waals surface area (Å²) in [4.78, 5) is 13.4. The van der Waals surface area contributed by atoms with Gasteiger partial charge < -0.3 is 29.4 Å². The van der Waals surface area contributed by atoms with Crippen LogP contribution in [0, 0.1) is 17.8 Å². The number of hydrogen-bond donors (Lipinski definition) is 2. The summed E-state index contributed by atoms with van der Waals surface area (Å²) in [7, 11) is -2.43. The Hall–Kier alpha value is -2.70. The summed E-state index contributed by atoms with van der Waals surface area (Å²) in [6, 6.07) is 14.8. The van der Waals surface area contributed by atoms with E-state index in [1.807, 2.05) is 44.2 Å². The Morgan fingerprint density at radius 3 is 2.50 bits per heavy atom. The number of carbonyl (C=O) groups is 1. The van der Waals surface area contributed by atoms with Crippen LogP contribution in [0.2, 0.25) is 0 Å². The first kappa shape index (κ1) is 30.7. The second kappa shape index (κ2) is 13.3. The molecule has 2 saturated heterocycles. The normalized spacial score (nSPS) is 26.6. The topological polar surface area (TPSA) is 124 Å². The Balaban J connectivity index is 1.31. The maximum atomic E-state index is 13.7. The third-order valence-electron chi connectivity index (χ3n) is 8.53. The van der Waals surface area contributed by atoms with Gasteiger partial charge in [0.25, 0.3) is 0 Å². The van der Waals surface area contributed by atoms with Gasteiger partial charge in [0.05, 0.1) is 43.0 Å². The van der Waals surface area contributed by atoms with Gasteiger partial charge in [0.2, 0.25) is 10.0 Å². The fraction of sp³-hybridized carbons (Fsp3) is 0.581. The molecule has 10 nitrogen and oxygen atoms in total. The molecule has 0 spiro atoms. The molecule has 230 valence electrons. The largest absolute Gasteiger partial charge is 0.497 e. The van der Waals surface area contributed by atoms with Crippen LogP contribution >= 0.6 is 0 Å². The number of hydrogen-bond acceptors (Lipinski definition) is 8. The van der Waals surface area contributed by atoms with Gasteiger partial charge in [-0.1, -0.05) is 44.2 Å². The Kier molecular flexibility index (Phi) is 9.74. The van der Waals surface area contributed by atoms with E-state index in [4.69, 9.17) is 18.9 Å². The van der Waals surface area contributed by atoms with Crippen molar-refractivity contribution >= 4 is 16.1 Å². The van der Waals surface area contributed by atoms with Crippen molar-refractivity contribution in [2.75, 3.05) is 33.4 Å². The van der Waals surface area contributed by atoms with E-state index in [1.165, 1.54) is 23.5 Å². The highest BCUT2D eigenvalue weighted by molar-refractivity contribution is 7.89. The predicted molar refractivity (Wildman–Crippen MR) is 156 cm³/mol. The molecule has 1 amide bonds. The van der Waals surface area contributed by atoms with Gasteiger partial charge >= 0.3 is 6.09 Å². The Labute approximate surface area is 248 Å². The van der Waals surface area contributed by atoms with Gasteiger partial charge in [0, 0.05) is 32.0 Å². The molecule has 42 heavy (non-hydrogen) atoms. The molecule has 0 aromatic heterocycles. The minimum Gasteiger partial charge on any atom is -0.497 e. The molecule has 0 bridgehead atoms. The van der Waals surface area contributed by atoms with Crippen LogP contribution in [0.4, 0.5) is 4.79 Å². The molecule has 11 heteroatoms. The van der Waals surface area contributed by atoms with Crippen molar-refractivity contribution in [2.24, 2.45) is 17.8 Å². The van der Waals surface area contributed by atoms with E-state index in [0.29, 0.717) is 24.7 Å². The standard InChI is InChI=1S/C31H42N2O8S/c1-20(2)17-33(42(36,37)23-11-9-22(38-3)10-12-23)18-26(34)25(15-21-7-5-4-6-8-21)32-31(35)41-29-19-40-28-16-27-24(30(28)29)13-14-39-27/h4-12,20,24-30,34H,13-19H2,1-3H3,(H,32,35)/t24-,25-,26+,27-,28-,29-,30+/m0/s1. The predicted octanol–water partition coefficient (Wildman–Crippen LogP) is 3.23. The lowest BCUT2D eigenvalue weighted by molar-refractivity contribution is 0.0280. The monoisotopic (exact) mass is 602 g/mol. The summed E-state index contributed by atoms with van der Waals surface area (Å²) < 4.78 is 51.5. The molecule has 1 aliphatic carbocycles. The van der Waals surface area contributed by atoms with Crippen molar-refractivity contribution < 1.29 is 37.3 Å². The number of rotatable bonds is 12. The van der Waals surface area contributed by atoms with E-state index >= 15 is 0 Å². The van der Waals surface area contributed by atoms with Crippen LogP contribution in [-0.4, -0.2) is 87.8 Å². The summed E-state index contributed by atoms with van der Waals surface area (Å²) in [5.41, 5.74) is 0.890. The van der Waals surface area contributed by atoms with Gasteiger partial charge in [-0.05, 0) is 54.5 Å². The van der Waals surface area contributed by atoms with Crippen LogP contribution < -0.4 is 10.1 Å². The van der Waals surface area contributed by atoms with Crippen LogP contribution in [0.3, 0.4) is 0 Å². The molecule has 2 aromatic rings. The van der Waals surface area contributed by atoms with Crippen LogP contribution in [0.1, 0.15) is 32.3 Å². The number of carbonyl (C=O) groups excluding carboxylic acids is 1. The third-order valence-corrected chi connectivity index (χ3v) is 10.4. The van der Waals surface area contributed by atoms with E-state index in [-0.39, 0.29) is 42.0 Å². The molecular formula is C31H42N2O8S. The number of aliphatic hydroxyl groups excluding tert-OH is 1. The Morgan fingerprint density at radius 1 is 1.07 bits per heavy atom. The molecular weight excluding hydrogens is 560 g/mol. The van der Waals surface area contributed by atoms with Crippen molar-refractivity contribution in [3.05, 3.63) is 60.2 Å². The second-order valence-electron chi connectivity index (χ2n) is 11.9. The van der Waals surface area contributed by atoms with Gasteiger partial charge in [-0.25, -0.2) is 13.2 Å².